The molecule has 0 aliphatic rings. The summed E-state index contributed by atoms with van der Waals surface area (Å²) in [6.45, 7) is 5.61. The van der Waals surface area contributed by atoms with Gasteiger partial charge in [0.2, 0.25) is 0 Å². The van der Waals surface area contributed by atoms with Crippen molar-refractivity contribution >= 4 is 11.8 Å². The Morgan fingerprint density at radius 3 is 2.91 bits per heavy atom. The van der Waals surface area contributed by atoms with Gasteiger partial charge in [-0.3, -0.25) is 0 Å². The summed E-state index contributed by atoms with van der Waals surface area (Å²) in [7, 11) is 0. The molecule has 0 aliphatic heterocycles. The van der Waals surface area contributed by atoms with Crippen molar-refractivity contribution in [2.45, 2.75) is 13.3 Å². The highest BCUT2D eigenvalue weighted by Crippen LogP contribution is 2.15. The Balaban J connectivity index is 4.12. The minimum atomic E-state index is 0.935. The zero-order valence-corrected chi connectivity index (χ0v) is 7.40. The Labute approximate surface area is 72.1 Å². The first kappa shape index (κ1) is 10.1. The van der Waals surface area contributed by atoms with E-state index in [2.05, 4.69) is 13.5 Å². The molecule has 0 aromatic carbocycles. The molecule has 0 aliphatic carbocycles. The number of nitriles is 1. The lowest BCUT2D eigenvalue weighted by molar-refractivity contribution is 1.22. The van der Waals surface area contributed by atoms with E-state index in [1.165, 1.54) is 0 Å². The van der Waals surface area contributed by atoms with Crippen molar-refractivity contribution in [3.05, 3.63) is 35.8 Å². The van der Waals surface area contributed by atoms with Gasteiger partial charge >= 0.3 is 0 Å². The molecular formula is C9H11NS. The molecule has 11 heavy (non-hydrogen) atoms. The Kier molecular flexibility index (Phi) is 6.56. The molecule has 0 bridgehead atoms. The summed E-state index contributed by atoms with van der Waals surface area (Å²) in [6.07, 6.45) is 8.43. The molecule has 0 heterocycles. The summed E-state index contributed by atoms with van der Waals surface area (Å²) >= 11 is 1.15. The monoisotopic (exact) mass is 165 g/mol. The molecule has 0 spiro atoms. The fourth-order valence-corrected chi connectivity index (χ4v) is 0.960. The van der Waals surface area contributed by atoms with Gasteiger partial charge in [-0.15, -0.1) is 0 Å². The number of thiocyanates is 1. The Bertz CT molecular complexity index is 208. The van der Waals surface area contributed by atoms with E-state index in [-0.39, 0.29) is 0 Å². The van der Waals surface area contributed by atoms with Gasteiger partial charge in [-0.05, 0) is 24.3 Å². The van der Waals surface area contributed by atoms with Gasteiger partial charge in [-0.2, -0.15) is 5.26 Å². The third-order valence-corrected chi connectivity index (χ3v) is 1.56. The van der Waals surface area contributed by atoms with Crippen LogP contribution in [0.5, 0.6) is 0 Å². The highest BCUT2D eigenvalue weighted by molar-refractivity contribution is 8.07. The predicted molar refractivity (Wildman–Crippen MR) is 50.9 cm³/mol. The minimum absolute atomic E-state index is 0.935. The number of thioether (sulfide) groups is 1. The maximum Gasteiger partial charge on any atom is 0.138 e. The summed E-state index contributed by atoms with van der Waals surface area (Å²) < 4.78 is 0. The minimum Gasteiger partial charge on any atom is -0.185 e. The summed E-state index contributed by atoms with van der Waals surface area (Å²) in [6, 6.07) is 0. The largest absolute Gasteiger partial charge is 0.185 e. The molecule has 0 rings (SSSR count). The van der Waals surface area contributed by atoms with Crippen LogP contribution in [0.1, 0.15) is 13.3 Å². The summed E-state index contributed by atoms with van der Waals surface area (Å²) in [4.78, 5) is 0.935. The van der Waals surface area contributed by atoms with Crippen LogP contribution in [0.15, 0.2) is 35.8 Å². The Morgan fingerprint density at radius 2 is 2.45 bits per heavy atom. The van der Waals surface area contributed by atoms with Crippen LogP contribution < -0.4 is 0 Å². The molecule has 0 saturated heterocycles. The van der Waals surface area contributed by atoms with Gasteiger partial charge < -0.3 is 0 Å². The van der Waals surface area contributed by atoms with E-state index in [1.54, 1.807) is 6.08 Å². The van der Waals surface area contributed by atoms with Crippen LogP contribution >= 0.6 is 11.8 Å². The number of hydrogen-bond donors (Lipinski definition) is 0. The third-order valence-electron chi connectivity index (χ3n) is 0.963. The first-order valence-corrected chi connectivity index (χ1v) is 4.22. The van der Waals surface area contributed by atoms with Crippen LogP contribution in [0.4, 0.5) is 0 Å². The van der Waals surface area contributed by atoms with Gasteiger partial charge in [-0.25, -0.2) is 0 Å². The van der Waals surface area contributed by atoms with Gasteiger partial charge in [-0.1, -0.05) is 31.7 Å². The van der Waals surface area contributed by atoms with Crippen LogP contribution in [0.25, 0.3) is 0 Å². The van der Waals surface area contributed by atoms with Crippen LogP contribution in [-0.4, -0.2) is 0 Å². The summed E-state index contributed by atoms with van der Waals surface area (Å²) in [5, 5.41) is 10.4. The van der Waals surface area contributed by atoms with E-state index in [0.29, 0.717) is 0 Å². The predicted octanol–water partition coefficient (Wildman–Crippen LogP) is 3.24. The van der Waals surface area contributed by atoms with Crippen molar-refractivity contribution in [1.82, 2.24) is 0 Å². The van der Waals surface area contributed by atoms with E-state index < -0.39 is 0 Å². The molecule has 0 fully saturated rings. The van der Waals surface area contributed by atoms with Gasteiger partial charge in [0.15, 0.2) is 0 Å². The first-order chi connectivity index (χ1) is 5.35. The first-order valence-electron chi connectivity index (χ1n) is 3.40. The summed E-state index contributed by atoms with van der Waals surface area (Å²) in [5.41, 5.74) is 0. The molecule has 0 saturated carbocycles. The second-order valence-corrected chi connectivity index (χ2v) is 2.67. The fourth-order valence-electron chi connectivity index (χ4n) is 0.526. The van der Waals surface area contributed by atoms with E-state index in [4.69, 9.17) is 5.26 Å². The fraction of sp³-hybridized carbons (Fsp3) is 0.222. The van der Waals surface area contributed by atoms with Gasteiger partial charge in [0, 0.05) is 4.91 Å². The van der Waals surface area contributed by atoms with Crippen LogP contribution in [0.2, 0.25) is 0 Å². The standard InChI is InChI=1S/C9H11NS/c1-3-5-7-9(6-4-2)11-8-10/h4-7H,2-3H2,1H3/b7-5-,9-6+. The lowest BCUT2D eigenvalue weighted by atomic mass is 10.4. The van der Waals surface area contributed by atoms with E-state index in [9.17, 15) is 0 Å². The second kappa shape index (κ2) is 7.17. The molecule has 0 atom stereocenters. The molecule has 0 aromatic rings. The Hall–Kier alpha value is -0.940. The van der Waals surface area contributed by atoms with E-state index in [1.807, 2.05) is 23.6 Å². The van der Waals surface area contributed by atoms with Gasteiger partial charge in [0.25, 0.3) is 0 Å². The lowest BCUT2D eigenvalue weighted by Crippen LogP contribution is -1.65. The maximum absolute atomic E-state index is 8.37. The van der Waals surface area contributed by atoms with Crippen molar-refractivity contribution < 1.29 is 0 Å². The molecule has 0 aromatic heterocycles. The topological polar surface area (TPSA) is 23.8 Å². The highest BCUT2D eigenvalue weighted by Gasteiger charge is 1.87. The van der Waals surface area contributed by atoms with Crippen molar-refractivity contribution in [1.29, 1.82) is 5.26 Å². The van der Waals surface area contributed by atoms with Crippen molar-refractivity contribution in [3.8, 4) is 5.40 Å². The van der Waals surface area contributed by atoms with Crippen molar-refractivity contribution in [3.63, 3.8) is 0 Å². The van der Waals surface area contributed by atoms with Crippen molar-refractivity contribution in [2.75, 3.05) is 0 Å². The zero-order chi connectivity index (χ0) is 8.53. The second-order valence-electron chi connectivity index (χ2n) is 1.81. The van der Waals surface area contributed by atoms with Crippen LogP contribution in [0, 0.1) is 10.7 Å². The van der Waals surface area contributed by atoms with Gasteiger partial charge in [0.1, 0.15) is 5.40 Å². The van der Waals surface area contributed by atoms with Crippen LogP contribution in [0.3, 0.4) is 0 Å². The molecule has 0 radical (unpaired) electrons. The molecule has 0 N–H and O–H groups in total. The number of rotatable bonds is 4. The molecular weight excluding hydrogens is 154 g/mol. The van der Waals surface area contributed by atoms with Gasteiger partial charge in [0.05, 0.1) is 0 Å². The van der Waals surface area contributed by atoms with E-state index >= 15 is 0 Å². The number of allylic oxidation sites excluding steroid dienone is 4. The third kappa shape index (κ3) is 5.50. The number of hydrogen-bond acceptors (Lipinski definition) is 2. The normalized spacial score (nSPS) is 11.5. The molecule has 1 nitrogen and oxygen atoms in total. The molecule has 2 heteroatoms. The maximum atomic E-state index is 8.37. The average molecular weight is 165 g/mol. The molecule has 0 amide bonds. The average Bonchev–Trinajstić information content (AvgIpc) is 2.01. The molecule has 58 valence electrons. The smallest absolute Gasteiger partial charge is 0.138 e. The Morgan fingerprint density at radius 1 is 1.73 bits per heavy atom. The SMILES string of the molecule is C=C/C=C(\C=C/CC)SC#N. The highest BCUT2D eigenvalue weighted by atomic mass is 32.2. The molecule has 0 unspecified atom stereocenters. The quantitative estimate of drug-likeness (QED) is 0.471. The van der Waals surface area contributed by atoms with Crippen LogP contribution in [-0.2, 0) is 0 Å². The summed E-state index contributed by atoms with van der Waals surface area (Å²) in [5.74, 6) is 0. The van der Waals surface area contributed by atoms with E-state index in [0.717, 1.165) is 23.1 Å². The number of nitrogens with zero attached hydrogens (tertiary/aromatic N) is 1. The lowest BCUT2D eigenvalue weighted by Gasteiger charge is -1.89. The van der Waals surface area contributed by atoms with Crippen molar-refractivity contribution in [2.24, 2.45) is 0 Å². The zero-order valence-electron chi connectivity index (χ0n) is 6.58.